The number of carbonyl (C=O) groups excluding carboxylic acids is 1. The minimum absolute atomic E-state index is 0.0588. The first-order chi connectivity index (χ1) is 13.7. The molecule has 1 saturated heterocycles. The third kappa shape index (κ3) is 4.08. The second-order valence-corrected chi connectivity index (χ2v) is 7.71. The summed E-state index contributed by atoms with van der Waals surface area (Å²) in [6.07, 6.45) is 3.33. The highest BCUT2D eigenvalue weighted by atomic mass is 32.1. The normalized spacial score (nSPS) is 18.5. The minimum atomic E-state index is -0.631. The van der Waals surface area contributed by atoms with Gasteiger partial charge in [-0.25, -0.2) is 4.98 Å². The van der Waals surface area contributed by atoms with Crippen molar-refractivity contribution in [1.82, 2.24) is 9.88 Å². The van der Waals surface area contributed by atoms with E-state index < -0.39 is 6.23 Å². The lowest BCUT2D eigenvalue weighted by molar-refractivity contribution is -0.125. The predicted molar refractivity (Wildman–Crippen MR) is 109 cm³/mol. The number of rotatable bonds is 6. The smallest absolute Gasteiger partial charge is 0.209 e. The molecule has 2 heterocycles. The maximum absolute atomic E-state index is 11.8. The van der Waals surface area contributed by atoms with E-state index in [1.165, 1.54) is 0 Å². The Morgan fingerprint density at radius 2 is 1.93 bits per heavy atom. The van der Waals surface area contributed by atoms with E-state index in [-0.39, 0.29) is 11.8 Å². The highest BCUT2D eigenvalue weighted by molar-refractivity contribution is 7.10. The number of hydrogen-bond acceptors (Lipinski definition) is 6. The molecule has 2 aromatic carbocycles. The first kappa shape index (κ1) is 18.7. The van der Waals surface area contributed by atoms with E-state index in [9.17, 15) is 9.90 Å². The number of piperidine rings is 1. The second-order valence-electron chi connectivity index (χ2n) is 6.82. The van der Waals surface area contributed by atoms with Gasteiger partial charge in [-0.1, -0.05) is 24.6 Å². The van der Waals surface area contributed by atoms with Crippen LogP contribution >= 0.6 is 11.3 Å². The lowest BCUT2D eigenvalue weighted by Gasteiger charge is -2.37. The number of aromatic hydroxyl groups is 1. The molecular weight excluding hydrogens is 372 g/mol. The molecule has 6 heteroatoms. The SMILES string of the molecule is O=CC(Oc1ccccc1)N1CCCC[C@@H]1c1nc(-c2ccc(O)cc2)cs1. The van der Waals surface area contributed by atoms with Gasteiger partial charge in [0.2, 0.25) is 6.23 Å². The maximum Gasteiger partial charge on any atom is 0.209 e. The topological polar surface area (TPSA) is 62.7 Å². The van der Waals surface area contributed by atoms with Crippen LogP contribution in [0, 0.1) is 0 Å². The number of phenols is 1. The van der Waals surface area contributed by atoms with Crippen LogP contribution in [0.4, 0.5) is 0 Å². The zero-order valence-electron chi connectivity index (χ0n) is 15.4. The van der Waals surface area contributed by atoms with Crippen molar-refractivity contribution in [3.63, 3.8) is 0 Å². The van der Waals surface area contributed by atoms with Gasteiger partial charge in [-0.15, -0.1) is 11.3 Å². The van der Waals surface area contributed by atoms with Gasteiger partial charge in [0.1, 0.15) is 16.5 Å². The van der Waals surface area contributed by atoms with Crippen LogP contribution in [0.1, 0.15) is 30.3 Å². The van der Waals surface area contributed by atoms with Crippen LogP contribution in [0.5, 0.6) is 11.5 Å². The summed E-state index contributed by atoms with van der Waals surface area (Å²) in [6, 6.07) is 16.6. The van der Waals surface area contributed by atoms with Crippen LogP contribution in [-0.2, 0) is 4.79 Å². The van der Waals surface area contributed by atoms with E-state index >= 15 is 0 Å². The first-order valence-electron chi connectivity index (χ1n) is 9.42. The Hall–Kier alpha value is -2.70. The standard InChI is InChI=1S/C22H22N2O3S/c25-14-21(27-18-6-2-1-3-7-18)24-13-5-4-8-20(24)22-23-19(15-28-22)16-9-11-17(26)12-10-16/h1-3,6-7,9-12,14-15,20-21,26H,4-5,8,13H2/t20-,21?/m1/s1. The molecule has 1 aromatic heterocycles. The number of phenolic OH excluding ortho intramolecular Hbond substituents is 1. The lowest BCUT2D eigenvalue weighted by Crippen LogP contribution is -2.45. The van der Waals surface area contributed by atoms with Crippen LogP contribution in [0.2, 0.25) is 0 Å². The summed E-state index contributed by atoms with van der Waals surface area (Å²) in [5.74, 6) is 0.928. The van der Waals surface area contributed by atoms with Crippen molar-refractivity contribution in [2.45, 2.75) is 31.5 Å². The number of aromatic nitrogens is 1. The Morgan fingerprint density at radius 3 is 2.68 bits per heavy atom. The average molecular weight is 394 g/mol. The minimum Gasteiger partial charge on any atom is -0.508 e. The summed E-state index contributed by atoms with van der Waals surface area (Å²) >= 11 is 1.61. The van der Waals surface area contributed by atoms with Gasteiger partial charge in [-0.2, -0.15) is 0 Å². The van der Waals surface area contributed by atoms with Crippen molar-refractivity contribution in [3.05, 3.63) is 65.0 Å². The van der Waals surface area contributed by atoms with Crippen molar-refractivity contribution in [2.24, 2.45) is 0 Å². The summed E-state index contributed by atoms with van der Waals surface area (Å²) in [5, 5.41) is 12.5. The lowest BCUT2D eigenvalue weighted by atomic mass is 10.0. The number of benzene rings is 2. The number of thiazole rings is 1. The van der Waals surface area contributed by atoms with Crippen LogP contribution in [0.3, 0.4) is 0 Å². The van der Waals surface area contributed by atoms with Gasteiger partial charge in [-0.05, 0) is 49.2 Å². The number of carbonyl (C=O) groups is 1. The molecule has 5 nitrogen and oxygen atoms in total. The van der Waals surface area contributed by atoms with E-state index in [2.05, 4.69) is 4.90 Å². The summed E-state index contributed by atoms with van der Waals surface area (Å²) in [4.78, 5) is 18.8. The molecule has 144 valence electrons. The van der Waals surface area contributed by atoms with E-state index in [1.807, 2.05) is 47.8 Å². The van der Waals surface area contributed by atoms with E-state index in [4.69, 9.17) is 9.72 Å². The molecule has 2 atom stereocenters. The molecule has 0 amide bonds. The molecule has 3 aromatic rings. The molecule has 1 unspecified atom stereocenters. The Morgan fingerprint density at radius 1 is 1.14 bits per heavy atom. The number of aldehydes is 1. The molecule has 1 N–H and O–H groups in total. The fourth-order valence-corrected chi connectivity index (χ4v) is 4.52. The molecule has 0 radical (unpaired) electrons. The molecule has 28 heavy (non-hydrogen) atoms. The Kier molecular flexibility index (Phi) is 5.69. The Labute approximate surface area is 168 Å². The maximum atomic E-state index is 11.8. The number of likely N-dealkylation sites (tertiary alicyclic amines) is 1. The van der Waals surface area contributed by atoms with E-state index in [0.717, 1.165) is 48.4 Å². The molecule has 0 aliphatic carbocycles. The van der Waals surface area contributed by atoms with Crippen molar-refractivity contribution >= 4 is 17.6 Å². The van der Waals surface area contributed by atoms with Crippen LogP contribution in [-0.4, -0.2) is 34.0 Å². The number of para-hydroxylation sites is 1. The van der Waals surface area contributed by atoms with Gasteiger partial charge in [0.05, 0.1) is 11.7 Å². The number of ether oxygens (including phenoxy) is 1. The number of hydrogen-bond donors (Lipinski definition) is 1. The van der Waals surface area contributed by atoms with Gasteiger partial charge >= 0.3 is 0 Å². The number of nitrogens with zero attached hydrogens (tertiary/aromatic N) is 2. The van der Waals surface area contributed by atoms with Crippen molar-refractivity contribution in [2.75, 3.05) is 6.54 Å². The van der Waals surface area contributed by atoms with Crippen molar-refractivity contribution in [1.29, 1.82) is 0 Å². The fraction of sp³-hybridized carbons (Fsp3) is 0.273. The first-order valence-corrected chi connectivity index (χ1v) is 10.3. The quantitative estimate of drug-likeness (QED) is 0.617. The average Bonchev–Trinajstić information content (AvgIpc) is 3.23. The van der Waals surface area contributed by atoms with Gasteiger partial charge in [0, 0.05) is 17.5 Å². The van der Waals surface area contributed by atoms with E-state index in [1.54, 1.807) is 23.5 Å². The summed E-state index contributed by atoms with van der Waals surface area (Å²) < 4.78 is 5.97. The largest absolute Gasteiger partial charge is 0.508 e. The molecule has 1 fully saturated rings. The molecule has 1 aliphatic heterocycles. The zero-order valence-corrected chi connectivity index (χ0v) is 16.2. The molecule has 4 rings (SSSR count). The van der Waals surface area contributed by atoms with Gasteiger partial charge < -0.3 is 9.84 Å². The molecule has 0 spiro atoms. The van der Waals surface area contributed by atoms with Gasteiger partial charge in [0.15, 0.2) is 6.29 Å². The predicted octanol–water partition coefficient (Wildman–Crippen LogP) is 4.65. The van der Waals surface area contributed by atoms with Crippen LogP contribution in [0.15, 0.2) is 60.0 Å². The monoisotopic (exact) mass is 394 g/mol. The summed E-state index contributed by atoms with van der Waals surface area (Å²) in [6.45, 7) is 0.801. The Bertz CT molecular complexity index is 911. The highest BCUT2D eigenvalue weighted by Crippen LogP contribution is 2.36. The fourth-order valence-electron chi connectivity index (χ4n) is 3.54. The van der Waals surface area contributed by atoms with Gasteiger partial charge in [0.25, 0.3) is 0 Å². The van der Waals surface area contributed by atoms with Crippen LogP contribution < -0.4 is 4.74 Å². The highest BCUT2D eigenvalue weighted by Gasteiger charge is 2.33. The van der Waals surface area contributed by atoms with Crippen molar-refractivity contribution < 1.29 is 14.6 Å². The molecule has 0 bridgehead atoms. The van der Waals surface area contributed by atoms with E-state index in [0.29, 0.717) is 5.75 Å². The Balaban J connectivity index is 1.56. The third-order valence-electron chi connectivity index (χ3n) is 4.96. The molecule has 0 saturated carbocycles. The second kappa shape index (κ2) is 8.54. The molecule has 1 aliphatic rings. The third-order valence-corrected chi connectivity index (χ3v) is 5.90. The summed E-state index contributed by atoms with van der Waals surface area (Å²) in [7, 11) is 0. The van der Waals surface area contributed by atoms with Crippen LogP contribution in [0.25, 0.3) is 11.3 Å². The van der Waals surface area contributed by atoms with Crippen molar-refractivity contribution in [3.8, 4) is 22.8 Å². The van der Waals surface area contributed by atoms with Gasteiger partial charge in [-0.3, -0.25) is 9.69 Å². The zero-order chi connectivity index (χ0) is 19.3. The molecular formula is C22H22N2O3S. The summed E-state index contributed by atoms with van der Waals surface area (Å²) in [5.41, 5.74) is 1.85.